The molecule has 1 fully saturated rings. The van der Waals surface area contributed by atoms with Crippen LogP contribution in [0.2, 0.25) is 0 Å². The highest BCUT2D eigenvalue weighted by atomic mass is 32.1. The van der Waals surface area contributed by atoms with Gasteiger partial charge in [-0.3, -0.25) is 4.79 Å². The van der Waals surface area contributed by atoms with Crippen molar-refractivity contribution in [3.8, 4) is 0 Å². The standard InChI is InChI=1S/C18H30N2OS.C8H10/c1-12-7-13(2)10-20(9-12)17-19-15(11-22-17)8-14(3)16(21)18(4,5)6;1-7-3-5-8(2)6-4-7/h11-14H,7-10H2,1-6H3;3-6H,1-2H3. The van der Waals surface area contributed by atoms with Gasteiger partial charge in [0.15, 0.2) is 5.13 Å². The fourth-order valence-corrected chi connectivity index (χ4v) is 5.00. The first-order chi connectivity index (χ1) is 14.0. The molecule has 3 rings (SSSR count). The number of nitrogens with zero attached hydrogens (tertiary/aromatic N) is 2. The average molecular weight is 429 g/mol. The first kappa shape index (κ1) is 24.6. The minimum atomic E-state index is -0.268. The lowest BCUT2D eigenvalue weighted by molar-refractivity contribution is -0.129. The number of hydrogen-bond donors (Lipinski definition) is 0. The summed E-state index contributed by atoms with van der Waals surface area (Å²) in [5.41, 5.74) is 3.46. The van der Waals surface area contributed by atoms with E-state index in [9.17, 15) is 4.79 Å². The molecular weight excluding hydrogens is 388 g/mol. The summed E-state index contributed by atoms with van der Waals surface area (Å²) in [6, 6.07) is 8.48. The summed E-state index contributed by atoms with van der Waals surface area (Å²) in [7, 11) is 0. The summed E-state index contributed by atoms with van der Waals surface area (Å²) in [5, 5.41) is 3.26. The second kappa shape index (κ2) is 10.6. The predicted octanol–water partition coefficient (Wildman–Crippen LogP) is 6.72. The highest BCUT2D eigenvalue weighted by molar-refractivity contribution is 7.13. The summed E-state index contributed by atoms with van der Waals surface area (Å²) in [6.07, 6.45) is 2.07. The van der Waals surface area contributed by atoms with Crippen LogP contribution in [-0.2, 0) is 11.2 Å². The lowest BCUT2D eigenvalue weighted by Gasteiger charge is -2.34. The van der Waals surface area contributed by atoms with E-state index in [2.05, 4.69) is 62.2 Å². The number of ketones is 1. The van der Waals surface area contributed by atoms with Crippen LogP contribution in [0.3, 0.4) is 0 Å². The zero-order valence-electron chi connectivity index (χ0n) is 20.2. The highest BCUT2D eigenvalue weighted by Crippen LogP contribution is 2.30. The van der Waals surface area contributed by atoms with E-state index in [0.29, 0.717) is 5.78 Å². The Labute approximate surface area is 187 Å². The Morgan fingerprint density at radius 3 is 2.07 bits per heavy atom. The number of aryl methyl sites for hydroxylation is 2. The molecule has 4 heteroatoms. The van der Waals surface area contributed by atoms with Crippen molar-refractivity contribution in [2.24, 2.45) is 23.2 Å². The van der Waals surface area contributed by atoms with Gasteiger partial charge in [0.05, 0.1) is 5.69 Å². The third-order valence-electron chi connectivity index (χ3n) is 5.60. The van der Waals surface area contributed by atoms with Crippen molar-refractivity contribution in [2.75, 3.05) is 18.0 Å². The molecule has 2 aromatic rings. The maximum atomic E-state index is 12.3. The smallest absolute Gasteiger partial charge is 0.185 e. The molecule has 1 aliphatic heterocycles. The van der Waals surface area contributed by atoms with Gasteiger partial charge in [0, 0.05) is 36.2 Å². The SMILES string of the molecule is CC1CC(C)CN(c2nc(CC(C)C(=O)C(C)(C)C)cs2)C1.Cc1ccc(C)cc1. The monoisotopic (exact) mass is 428 g/mol. The topological polar surface area (TPSA) is 33.2 Å². The number of carbonyl (C=O) groups is 1. The quantitative estimate of drug-likeness (QED) is 0.542. The second-order valence-corrected chi connectivity index (χ2v) is 11.2. The van der Waals surface area contributed by atoms with E-state index >= 15 is 0 Å². The molecule has 0 radical (unpaired) electrons. The number of anilines is 1. The van der Waals surface area contributed by atoms with Gasteiger partial charge < -0.3 is 4.90 Å². The normalized spacial score (nSPS) is 20.3. The van der Waals surface area contributed by atoms with Crippen LogP contribution in [0.5, 0.6) is 0 Å². The van der Waals surface area contributed by atoms with E-state index in [1.807, 2.05) is 27.7 Å². The fraction of sp³-hybridized carbons (Fsp3) is 0.615. The van der Waals surface area contributed by atoms with Crippen molar-refractivity contribution in [3.63, 3.8) is 0 Å². The van der Waals surface area contributed by atoms with Crippen LogP contribution in [0, 0.1) is 37.0 Å². The lowest BCUT2D eigenvalue weighted by atomic mass is 9.82. The van der Waals surface area contributed by atoms with Crippen molar-refractivity contribution in [2.45, 2.75) is 68.2 Å². The first-order valence-corrected chi connectivity index (χ1v) is 12.1. The van der Waals surface area contributed by atoms with Crippen molar-refractivity contribution >= 4 is 22.3 Å². The third-order valence-corrected chi connectivity index (χ3v) is 6.55. The molecule has 166 valence electrons. The van der Waals surface area contributed by atoms with Gasteiger partial charge in [-0.25, -0.2) is 4.98 Å². The van der Waals surface area contributed by atoms with Crippen LogP contribution in [0.25, 0.3) is 0 Å². The average Bonchev–Trinajstić information content (AvgIpc) is 3.11. The molecule has 0 amide bonds. The maximum Gasteiger partial charge on any atom is 0.185 e. The third kappa shape index (κ3) is 7.54. The summed E-state index contributed by atoms with van der Waals surface area (Å²) in [4.78, 5) is 19.5. The van der Waals surface area contributed by atoms with Crippen LogP contribution in [-0.4, -0.2) is 23.9 Å². The summed E-state index contributed by atoms with van der Waals surface area (Å²) >= 11 is 1.72. The maximum absolute atomic E-state index is 12.3. The van der Waals surface area contributed by atoms with Crippen molar-refractivity contribution in [1.82, 2.24) is 4.98 Å². The van der Waals surface area contributed by atoms with Gasteiger partial charge in [0.2, 0.25) is 0 Å². The minimum Gasteiger partial charge on any atom is -0.348 e. The van der Waals surface area contributed by atoms with E-state index in [4.69, 9.17) is 4.98 Å². The summed E-state index contributed by atoms with van der Waals surface area (Å²) in [5.74, 6) is 1.83. The summed E-state index contributed by atoms with van der Waals surface area (Å²) in [6.45, 7) is 19.1. The van der Waals surface area contributed by atoms with Gasteiger partial charge in [-0.05, 0) is 32.1 Å². The molecule has 0 bridgehead atoms. The van der Waals surface area contributed by atoms with Crippen molar-refractivity contribution in [3.05, 3.63) is 46.5 Å². The summed E-state index contributed by atoms with van der Waals surface area (Å²) < 4.78 is 0. The number of hydrogen-bond acceptors (Lipinski definition) is 4. The molecule has 0 spiro atoms. The van der Waals surface area contributed by atoms with Crippen molar-refractivity contribution in [1.29, 1.82) is 0 Å². The predicted molar refractivity (Wildman–Crippen MR) is 131 cm³/mol. The number of Topliss-reactive ketones (excluding diaryl/α,β-unsaturated/α-hetero) is 1. The Bertz CT molecular complexity index is 772. The molecule has 3 atom stereocenters. The van der Waals surface area contributed by atoms with Crippen LogP contribution >= 0.6 is 11.3 Å². The number of carbonyl (C=O) groups excluding carboxylic acids is 1. The Morgan fingerprint density at radius 2 is 1.60 bits per heavy atom. The fourth-order valence-electron chi connectivity index (χ4n) is 4.14. The molecule has 0 saturated carbocycles. The molecule has 1 aromatic heterocycles. The molecule has 1 saturated heterocycles. The zero-order valence-corrected chi connectivity index (χ0v) is 21.0. The number of rotatable bonds is 4. The van der Waals surface area contributed by atoms with E-state index in [1.165, 1.54) is 17.5 Å². The Morgan fingerprint density at radius 1 is 1.10 bits per heavy atom. The molecule has 3 nitrogen and oxygen atoms in total. The number of thiazole rings is 1. The van der Waals surface area contributed by atoms with Gasteiger partial charge in [-0.2, -0.15) is 0 Å². The lowest BCUT2D eigenvalue weighted by Crippen LogP contribution is -2.38. The Kier molecular flexibility index (Phi) is 8.66. The van der Waals surface area contributed by atoms with Gasteiger partial charge in [-0.1, -0.05) is 76.9 Å². The van der Waals surface area contributed by atoms with Crippen LogP contribution < -0.4 is 4.90 Å². The van der Waals surface area contributed by atoms with Crippen LogP contribution in [0.4, 0.5) is 5.13 Å². The molecule has 30 heavy (non-hydrogen) atoms. The molecule has 0 aliphatic carbocycles. The number of benzene rings is 1. The highest BCUT2D eigenvalue weighted by Gasteiger charge is 2.28. The molecule has 2 heterocycles. The van der Waals surface area contributed by atoms with Gasteiger partial charge in [0.1, 0.15) is 5.78 Å². The van der Waals surface area contributed by atoms with Gasteiger partial charge in [0.25, 0.3) is 0 Å². The first-order valence-electron chi connectivity index (χ1n) is 11.2. The molecular formula is C26H40N2OS. The van der Waals surface area contributed by atoms with E-state index in [0.717, 1.165) is 42.2 Å². The van der Waals surface area contributed by atoms with E-state index in [-0.39, 0.29) is 11.3 Å². The zero-order chi connectivity index (χ0) is 22.5. The van der Waals surface area contributed by atoms with Crippen molar-refractivity contribution < 1.29 is 4.79 Å². The molecule has 0 N–H and O–H groups in total. The van der Waals surface area contributed by atoms with Gasteiger partial charge in [-0.15, -0.1) is 11.3 Å². The number of aromatic nitrogens is 1. The second-order valence-electron chi connectivity index (χ2n) is 10.3. The largest absolute Gasteiger partial charge is 0.348 e. The van der Waals surface area contributed by atoms with E-state index in [1.54, 1.807) is 11.3 Å². The van der Waals surface area contributed by atoms with Gasteiger partial charge >= 0.3 is 0 Å². The van der Waals surface area contributed by atoms with E-state index < -0.39 is 0 Å². The van der Waals surface area contributed by atoms with Crippen LogP contribution in [0.1, 0.15) is 64.8 Å². The van der Waals surface area contributed by atoms with Crippen LogP contribution in [0.15, 0.2) is 29.6 Å². The molecule has 1 aromatic carbocycles. The molecule has 3 unspecified atom stereocenters. The minimum absolute atomic E-state index is 0.0363. The Balaban J connectivity index is 0.000000335. The molecule has 1 aliphatic rings. The Hall–Kier alpha value is -1.68. The number of piperidine rings is 1.